The number of benzene rings is 1. The predicted molar refractivity (Wildman–Crippen MR) is 141 cm³/mol. The minimum Gasteiger partial charge on any atom is -0.433 e. The smallest absolute Gasteiger partial charge is 0.397 e. The highest BCUT2D eigenvalue weighted by Crippen LogP contribution is 2.28. The van der Waals surface area contributed by atoms with Crippen molar-refractivity contribution in [3.8, 4) is 5.75 Å². The molecule has 1 aromatic rings. The first-order valence-corrected chi connectivity index (χ1v) is 13.4. The molecule has 7 heteroatoms. The summed E-state index contributed by atoms with van der Waals surface area (Å²) in [6, 6.07) is 6.42. The molecular weight excluding hydrogens is 448 g/mol. The predicted octanol–water partition coefficient (Wildman–Crippen LogP) is 7.09. The van der Waals surface area contributed by atoms with Crippen molar-refractivity contribution in [1.82, 2.24) is 4.90 Å². The van der Waals surface area contributed by atoms with Gasteiger partial charge in [-0.3, -0.25) is 4.99 Å². The Morgan fingerprint density at radius 1 is 1.03 bits per heavy atom. The summed E-state index contributed by atoms with van der Waals surface area (Å²) in [5, 5.41) is 0. The molecule has 198 valence electrons. The summed E-state index contributed by atoms with van der Waals surface area (Å²) in [5.74, 6) is 0.545. The van der Waals surface area contributed by atoms with Crippen molar-refractivity contribution in [2.75, 3.05) is 32.8 Å². The number of ether oxygens (including phenoxy) is 2. The van der Waals surface area contributed by atoms with E-state index in [0.717, 1.165) is 51.1 Å². The number of hydrogen-bond acceptors (Lipinski definition) is 5. The lowest BCUT2D eigenvalue weighted by atomic mass is 9.90. The van der Waals surface area contributed by atoms with Crippen LogP contribution in [0.2, 0.25) is 0 Å². The summed E-state index contributed by atoms with van der Waals surface area (Å²) in [7, 11) is 0. The van der Waals surface area contributed by atoms with Gasteiger partial charge in [-0.2, -0.15) is 8.78 Å². The van der Waals surface area contributed by atoms with Crippen molar-refractivity contribution in [3.63, 3.8) is 0 Å². The standard InChI is InChI=1S/C28H45F2N3O2/c1-3-16-28(29,30)35-27-12-10-26(11-13-27)32-23-25(22-31)24-14-18-33(19-15-24)17-8-6-5-7-9-21-34-20-4-2/h10-13,22-24H,3-9,14-21,31H2,1-2H3/b25-22+,32-23?. The molecule has 1 aromatic carbocycles. The van der Waals surface area contributed by atoms with E-state index in [1.807, 2.05) is 6.21 Å². The summed E-state index contributed by atoms with van der Waals surface area (Å²) in [5.41, 5.74) is 7.63. The van der Waals surface area contributed by atoms with Crippen LogP contribution >= 0.6 is 0 Å². The molecule has 0 aromatic heterocycles. The SMILES string of the molecule is CCCOCCCCCCCN1CCC(/C(C=Nc2ccc(OC(F)(F)CCC)cc2)=C/N)CC1. The van der Waals surface area contributed by atoms with E-state index in [1.54, 1.807) is 25.3 Å². The van der Waals surface area contributed by atoms with Crippen molar-refractivity contribution in [1.29, 1.82) is 0 Å². The maximum absolute atomic E-state index is 13.6. The Balaban J connectivity index is 1.67. The molecule has 0 aliphatic carbocycles. The third kappa shape index (κ3) is 12.0. The zero-order valence-electron chi connectivity index (χ0n) is 21.7. The normalized spacial score (nSPS) is 16.3. The number of aliphatic imine (C=N–C) groups is 1. The van der Waals surface area contributed by atoms with E-state index >= 15 is 0 Å². The lowest BCUT2D eigenvalue weighted by Crippen LogP contribution is -2.35. The fraction of sp³-hybridized carbons (Fsp3) is 0.679. The Kier molecular flexibility index (Phi) is 13.9. The highest BCUT2D eigenvalue weighted by Gasteiger charge is 2.30. The number of halogens is 2. The highest BCUT2D eigenvalue weighted by atomic mass is 19.3. The number of nitrogens with two attached hydrogens (primary N) is 1. The second-order valence-electron chi connectivity index (χ2n) is 9.40. The lowest BCUT2D eigenvalue weighted by molar-refractivity contribution is -0.180. The molecule has 0 radical (unpaired) electrons. The van der Waals surface area contributed by atoms with Crippen LogP contribution in [0.1, 0.15) is 78.1 Å². The van der Waals surface area contributed by atoms with Crippen LogP contribution in [0.25, 0.3) is 0 Å². The molecule has 5 nitrogen and oxygen atoms in total. The third-order valence-electron chi connectivity index (χ3n) is 6.37. The topological polar surface area (TPSA) is 60.1 Å². The van der Waals surface area contributed by atoms with Crippen LogP contribution in [0.4, 0.5) is 14.5 Å². The first-order chi connectivity index (χ1) is 17.0. The molecule has 0 spiro atoms. The van der Waals surface area contributed by atoms with E-state index in [4.69, 9.17) is 15.2 Å². The van der Waals surface area contributed by atoms with Gasteiger partial charge in [-0.1, -0.05) is 33.1 Å². The number of likely N-dealkylation sites (tertiary alicyclic amines) is 1. The largest absolute Gasteiger partial charge is 0.433 e. The van der Waals surface area contributed by atoms with Crippen LogP contribution in [0.5, 0.6) is 5.75 Å². The van der Waals surface area contributed by atoms with Gasteiger partial charge in [0.1, 0.15) is 5.75 Å². The Bertz CT molecular complexity index is 745. The monoisotopic (exact) mass is 493 g/mol. The van der Waals surface area contributed by atoms with Gasteiger partial charge in [-0.05, 0) is 100 Å². The van der Waals surface area contributed by atoms with Gasteiger partial charge >= 0.3 is 6.11 Å². The molecule has 0 atom stereocenters. The first-order valence-electron chi connectivity index (χ1n) is 13.4. The average molecular weight is 494 g/mol. The van der Waals surface area contributed by atoms with Gasteiger partial charge in [-0.25, -0.2) is 0 Å². The van der Waals surface area contributed by atoms with Gasteiger partial charge in [0, 0.05) is 19.4 Å². The summed E-state index contributed by atoms with van der Waals surface area (Å²) in [4.78, 5) is 7.06. The molecule has 1 aliphatic heterocycles. The second kappa shape index (κ2) is 16.6. The van der Waals surface area contributed by atoms with Gasteiger partial charge in [0.15, 0.2) is 0 Å². The summed E-state index contributed by atoms with van der Waals surface area (Å²) >= 11 is 0. The van der Waals surface area contributed by atoms with Crippen LogP contribution in [-0.4, -0.2) is 50.1 Å². The maximum atomic E-state index is 13.6. The van der Waals surface area contributed by atoms with E-state index in [1.165, 1.54) is 50.8 Å². The number of allylic oxidation sites excluding steroid dienone is 1. The first kappa shape index (κ1) is 29.2. The molecular formula is C28H45F2N3O2. The fourth-order valence-electron chi connectivity index (χ4n) is 4.35. The molecule has 1 aliphatic rings. The number of piperidine rings is 1. The molecule has 0 unspecified atom stereocenters. The number of unbranched alkanes of at least 4 members (excludes halogenated alkanes) is 4. The van der Waals surface area contributed by atoms with Crippen LogP contribution in [0.15, 0.2) is 41.0 Å². The van der Waals surface area contributed by atoms with Crippen molar-refractivity contribution in [2.45, 2.75) is 84.2 Å². The van der Waals surface area contributed by atoms with E-state index < -0.39 is 6.11 Å². The number of hydrogen-bond donors (Lipinski definition) is 1. The Labute approximate surface area is 210 Å². The molecule has 1 heterocycles. The minimum absolute atomic E-state index is 0.144. The number of alkyl halides is 2. The summed E-state index contributed by atoms with van der Waals surface area (Å²) in [6.45, 7) is 8.96. The number of nitrogens with zero attached hydrogens (tertiary/aromatic N) is 2. The third-order valence-corrected chi connectivity index (χ3v) is 6.37. The minimum atomic E-state index is -3.15. The van der Waals surface area contributed by atoms with Crippen LogP contribution in [-0.2, 0) is 4.74 Å². The lowest BCUT2D eigenvalue weighted by Gasteiger charge is -2.32. The van der Waals surface area contributed by atoms with Crippen LogP contribution in [0, 0.1) is 5.92 Å². The van der Waals surface area contributed by atoms with Gasteiger partial charge in [0.2, 0.25) is 0 Å². The molecule has 1 fully saturated rings. The fourth-order valence-corrected chi connectivity index (χ4v) is 4.35. The highest BCUT2D eigenvalue weighted by molar-refractivity contribution is 5.81. The average Bonchev–Trinajstić information content (AvgIpc) is 2.85. The Morgan fingerprint density at radius 3 is 2.37 bits per heavy atom. The van der Waals surface area contributed by atoms with E-state index in [-0.39, 0.29) is 12.2 Å². The van der Waals surface area contributed by atoms with E-state index in [2.05, 4.69) is 16.8 Å². The quantitative estimate of drug-likeness (QED) is 0.186. The summed E-state index contributed by atoms with van der Waals surface area (Å²) < 4.78 is 37.6. The summed E-state index contributed by atoms with van der Waals surface area (Å²) in [6.07, 6.45) is 9.88. The molecule has 2 rings (SSSR count). The molecule has 0 amide bonds. The zero-order valence-corrected chi connectivity index (χ0v) is 21.7. The zero-order chi connectivity index (χ0) is 25.4. The van der Waals surface area contributed by atoms with E-state index in [0.29, 0.717) is 18.0 Å². The maximum Gasteiger partial charge on any atom is 0.397 e. The number of rotatable bonds is 17. The molecule has 35 heavy (non-hydrogen) atoms. The van der Waals surface area contributed by atoms with Crippen LogP contribution < -0.4 is 10.5 Å². The van der Waals surface area contributed by atoms with Gasteiger partial charge < -0.3 is 20.1 Å². The molecule has 1 saturated heterocycles. The second-order valence-corrected chi connectivity index (χ2v) is 9.40. The van der Waals surface area contributed by atoms with Crippen molar-refractivity contribution in [2.24, 2.45) is 16.6 Å². The molecule has 0 bridgehead atoms. The van der Waals surface area contributed by atoms with Crippen molar-refractivity contribution < 1.29 is 18.3 Å². The van der Waals surface area contributed by atoms with Crippen molar-refractivity contribution in [3.05, 3.63) is 36.0 Å². The molecule has 2 N–H and O–H groups in total. The Hall–Kier alpha value is -1.99. The molecule has 0 saturated carbocycles. The van der Waals surface area contributed by atoms with E-state index in [9.17, 15) is 8.78 Å². The van der Waals surface area contributed by atoms with Gasteiger partial charge in [0.05, 0.1) is 12.1 Å². The van der Waals surface area contributed by atoms with Gasteiger partial charge in [-0.15, -0.1) is 0 Å². The Morgan fingerprint density at radius 2 is 1.71 bits per heavy atom. The van der Waals surface area contributed by atoms with Crippen molar-refractivity contribution >= 4 is 11.9 Å². The van der Waals surface area contributed by atoms with Gasteiger partial charge in [0.25, 0.3) is 0 Å². The van der Waals surface area contributed by atoms with Crippen LogP contribution in [0.3, 0.4) is 0 Å².